The molecule has 1 amide bonds. The summed E-state index contributed by atoms with van der Waals surface area (Å²) < 4.78 is 2.38. The maximum atomic E-state index is 13.1. The molecule has 1 aromatic carbocycles. The molecule has 7 nitrogen and oxygen atoms in total. The average molecular weight is 396 g/mol. The fraction of sp³-hybridized carbons (Fsp3) is 0.400. The average Bonchev–Trinajstić information content (AvgIpc) is 3.09. The van der Waals surface area contributed by atoms with Crippen molar-refractivity contribution in [3.05, 3.63) is 56.4 Å². The fourth-order valence-electron chi connectivity index (χ4n) is 3.85. The molecule has 1 atom stereocenters. The van der Waals surface area contributed by atoms with Crippen molar-refractivity contribution in [2.75, 3.05) is 11.4 Å². The zero-order valence-corrected chi connectivity index (χ0v) is 16.4. The van der Waals surface area contributed by atoms with Crippen LogP contribution in [-0.2, 0) is 24.3 Å². The molecular weight excluding hydrogens is 376 g/mol. The first-order valence-corrected chi connectivity index (χ1v) is 10.2. The maximum Gasteiger partial charge on any atom is 0.331 e. The molecule has 0 fully saturated rings. The lowest BCUT2D eigenvalue weighted by Gasteiger charge is -2.23. The second kappa shape index (κ2) is 7.32. The Morgan fingerprint density at radius 2 is 2.07 bits per heavy atom. The molecule has 2 aromatic rings. The summed E-state index contributed by atoms with van der Waals surface area (Å²) in [5, 5.41) is 9.76. The number of thioether (sulfide) groups is 1. The zero-order valence-electron chi connectivity index (χ0n) is 15.6. The van der Waals surface area contributed by atoms with Crippen LogP contribution in [0.2, 0.25) is 0 Å². The number of nitriles is 1. The third-order valence-corrected chi connectivity index (χ3v) is 6.52. The van der Waals surface area contributed by atoms with Crippen molar-refractivity contribution in [2.45, 2.75) is 49.4 Å². The Labute approximate surface area is 166 Å². The van der Waals surface area contributed by atoms with Crippen molar-refractivity contribution in [1.29, 1.82) is 5.26 Å². The number of anilines is 1. The second-order valence-corrected chi connectivity index (χ2v) is 8.57. The summed E-state index contributed by atoms with van der Waals surface area (Å²) in [5.74, 6) is -0.316. The van der Waals surface area contributed by atoms with E-state index in [1.807, 2.05) is 30.3 Å². The Hall–Kier alpha value is -2.79. The molecule has 0 aliphatic carbocycles. The highest BCUT2D eigenvalue weighted by atomic mass is 32.2. The molecule has 0 unspecified atom stereocenters. The normalized spacial score (nSPS) is 18.1. The number of amides is 1. The number of benzene rings is 1. The summed E-state index contributed by atoms with van der Waals surface area (Å²) in [7, 11) is 0. The van der Waals surface area contributed by atoms with E-state index in [1.165, 1.54) is 4.57 Å². The van der Waals surface area contributed by atoms with Crippen molar-refractivity contribution in [3.63, 3.8) is 0 Å². The van der Waals surface area contributed by atoms with Crippen LogP contribution in [0.4, 0.5) is 5.69 Å². The predicted octanol–water partition coefficient (Wildman–Crippen LogP) is 1.75. The summed E-state index contributed by atoms with van der Waals surface area (Å²) >= 11 is 1.72. The third-order valence-electron chi connectivity index (χ3n) is 5.28. The predicted molar refractivity (Wildman–Crippen MR) is 107 cm³/mol. The van der Waals surface area contributed by atoms with Crippen LogP contribution >= 0.6 is 11.8 Å². The van der Waals surface area contributed by atoms with E-state index in [-0.39, 0.29) is 18.0 Å². The Morgan fingerprint density at radius 3 is 2.86 bits per heavy atom. The number of hydrogen-bond donors (Lipinski definition) is 0. The van der Waals surface area contributed by atoms with Gasteiger partial charge in [-0.1, -0.05) is 19.1 Å². The number of hydrogen-bond acceptors (Lipinski definition) is 5. The minimum absolute atomic E-state index is 0.0228. The van der Waals surface area contributed by atoms with E-state index >= 15 is 0 Å². The van der Waals surface area contributed by atoms with Gasteiger partial charge in [-0.25, -0.2) is 9.36 Å². The molecule has 28 heavy (non-hydrogen) atoms. The molecule has 0 N–H and O–H groups in total. The first-order valence-electron chi connectivity index (χ1n) is 9.34. The van der Waals surface area contributed by atoms with E-state index in [9.17, 15) is 19.6 Å². The summed E-state index contributed by atoms with van der Waals surface area (Å²) in [6, 6.07) is 9.60. The maximum absolute atomic E-state index is 13.1. The van der Waals surface area contributed by atoms with E-state index in [0.717, 1.165) is 28.0 Å². The van der Waals surface area contributed by atoms with Gasteiger partial charge in [-0.2, -0.15) is 5.26 Å². The summed E-state index contributed by atoms with van der Waals surface area (Å²) in [6.07, 6.45) is 2.07. The van der Waals surface area contributed by atoms with Gasteiger partial charge in [-0.05, 0) is 31.4 Å². The molecule has 2 aliphatic heterocycles. The number of para-hydroxylation sites is 1. The number of carbonyl (C=O) groups excluding carboxylic acids is 1. The van der Waals surface area contributed by atoms with Crippen LogP contribution in [0, 0.1) is 11.3 Å². The molecule has 1 aromatic heterocycles. The van der Waals surface area contributed by atoms with Crippen molar-refractivity contribution < 1.29 is 4.79 Å². The van der Waals surface area contributed by atoms with Gasteiger partial charge in [0.05, 0.1) is 5.69 Å². The number of aromatic nitrogens is 2. The molecule has 0 spiro atoms. The fourth-order valence-corrected chi connectivity index (χ4v) is 4.97. The standard InChI is InChI=1S/C20H20N4O3S/c1-13-8-10-22(16-5-2-3-7-17(16)28-13)18(25)12-24-19(26)14(11-21)15-6-4-9-23(15)20(24)27/h2-3,5,7,13H,4,6,8-10,12H2,1H3/t13-/m0/s1. The van der Waals surface area contributed by atoms with Crippen molar-refractivity contribution in [1.82, 2.24) is 9.13 Å². The van der Waals surface area contributed by atoms with E-state index < -0.39 is 11.2 Å². The number of nitrogens with zero attached hydrogens (tertiary/aromatic N) is 4. The highest BCUT2D eigenvalue weighted by molar-refractivity contribution is 8.00. The van der Waals surface area contributed by atoms with Crippen molar-refractivity contribution >= 4 is 23.4 Å². The topological polar surface area (TPSA) is 88.1 Å². The smallest absolute Gasteiger partial charge is 0.310 e. The SMILES string of the molecule is C[C@H]1CCN(C(=O)Cn2c(=O)c(C#N)c3n(c2=O)CCC3)c2ccccc2S1. The van der Waals surface area contributed by atoms with E-state index in [2.05, 4.69) is 6.92 Å². The molecule has 4 rings (SSSR count). The minimum atomic E-state index is -0.667. The monoisotopic (exact) mass is 396 g/mol. The molecule has 0 saturated heterocycles. The number of rotatable bonds is 2. The highest BCUT2D eigenvalue weighted by Crippen LogP contribution is 2.37. The van der Waals surface area contributed by atoms with Crippen LogP contribution in [0.5, 0.6) is 0 Å². The summed E-state index contributed by atoms with van der Waals surface area (Å²) in [4.78, 5) is 41.3. The van der Waals surface area contributed by atoms with Gasteiger partial charge in [-0.15, -0.1) is 11.8 Å². The lowest BCUT2D eigenvalue weighted by molar-refractivity contribution is -0.119. The summed E-state index contributed by atoms with van der Waals surface area (Å²) in [6.45, 7) is 2.75. The van der Waals surface area contributed by atoms with Crippen LogP contribution in [0.1, 0.15) is 31.0 Å². The zero-order chi connectivity index (χ0) is 19.8. The van der Waals surface area contributed by atoms with Gasteiger partial charge in [0.25, 0.3) is 5.56 Å². The van der Waals surface area contributed by atoms with Crippen LogP contribution in [0.3, 0.4) is 0 Å². The van der Waals surface area contributed by atoms with Crippen molar-refractivity contribution in [2.24, 2.45) is 0 Å². The molecule has 3 heterocycles. The lowest BCUT2D eigenvalue weighted by atomic mass is 10.2. The first kappa shape index (κ1) is 18.6. The second-order valence-electron chi connectivity index (χ2n) is 7.09. The Morgan fingerprint density at radius 1 is 1.29 bits per heavy atom. The van der Waals surface area contributed by atoms with Gasteiger partial charge in [0, 0.05) is 28.9 Å². The molecule has 2 aliphatic rings. The Kier molecular flexibility index (Phi) is 4.85. The molecule has 0 saturated carbocycles. The Bertz CT molecular complexity index is 1110. The van der Waals surface area contributed by atoms with Crippen molar-refractivity contribution in [3.8, 4) is 6.07 Å². The van der Waals surface area contributed by atoms with Gasteiger partial charge in [0.1, 0.15) is 18.2 Å². The molecule has 0 bridgehead atoms. The van der Waals surface area contributed by atoms with E-state index in [1.54, 1.807) is 16.7 Å². The highest BCUT2D eigenvalue weighted by Gasteiger charge is 2.27. The quantitative estimate of drug-likeness (QED) is 0.772. The first-order chi connectivity index (χ1) is 13.5. The van der Waals surface area contributed by atoms with Crippen LogP contribution in [0.15, 0.2) is 38.8 Å². The third kappa shape index (κ3) is 3.06. The molecule has 0 radical (unpaired) electrons. The largest absolute Gasteiger partial charge is 0.331 e. The Balaban J connectivity index is 1.74. The lowest BCUT2D eigenvalue weighted by Crippen LogP contribution is -2.46. The van der Waals surface area contributed by atoms with Crippen LogP contribution in [0.25, 0.3) is 0 Å². The van der Waals surface area contributed by atoms with Gasteiger partial charge in [0.15, 0.2) is 0 Å². The van der Waals surface area contributed by atoms with Crippen LogP contribution in [-0.4, -0.2) is 26.8 Å². The molecule has 144 valence electrons. The molecule has 8 heteroatoms. The van der Waals surface area contributed by atoms with E-state index in [0.29, 0.717) is 30.5 Å². The van der Waals surface area contributed by atoms with Crippen LogP contribution < -0.4 is 16.1 Å². The number of carbonyl (C=O) groups is 1. The van der Waals surface area contributed by atoms with Gasteiger partial charge >= 0.3 is 5.69 Å². The number of fused-ring (bicyclic) bond motifs is 2. The van der Waals surface area contributed by atoms with Gasteiger partial charge in [-0.3, -0.25) is 14.2 Å². The van der Waals surface area contributed by atoms with Gasteiger partial charge < -0.3 is 4.90 Å². The van der Waals surface area contributed by atoms with Gasteiger partial charge in [0.2, 0.25) is 5.91 Å². The minimum Gasteiger partial charge on any atom is -0.310 e. The molecular formula is C20H20N4O3S. The summed E-state index contributed by atoms with van der Waals surface area (Å²) in [5.41, 5.74) is 0.101. The van der Waals surface area contributed by atoms with E-state index in [4.69, 9.17) is 0 Å².